The molecule has 1 N–H and O–H groups in total. The van der Waals surface area contributed by atoms with Crippen LogP contribution in [-0.2, 0) is 11.3 Å². The molecular formula is C14H22N2O3S. The van der Waals surface area contributed by atoms with E-state index in [1.807, 2.05) is 26.2 Å². The number of rotatable bonds is 2. The van der Waals surface area contributed by atoms with Gasteiger partial charge in [-0.05, 0) is 33.6 Å². The van der Waals surface area contributed by atoms with E-state index in [0.717, 1.165) is 24.4 Å². The summed E-state index contributed by atoms with van der Waals surface area (Å²) in [6, 6.07) is 0. The lowest BCUT2D eigenvalue weighted by molar-refractivity contribution is 0.0198. The first-order valence-corrected chi connectivity index (χ1v) is 7.80. The van der Waals surface area contributed by atoms with Crippen molar-refractivity contribution in [3.05, 3.63) is 16.1 Å². The van der Waals surface area contributed by atoms with Crippen LogP contribution in [0.1, 0.15) is 50.2 Å². The second kappa shape index (κ2) is 6.10. The van der Waals surface area contributed by atoms with E-state index in [0.29, 0.717) is 12.2 Å². The molecule has 2 rings (SSSR count). The normalized spacial score (nSPS) is 20.0. The second-order valence-electron chi connectivity index (χ2n) is 6.10. The monoisotopic (exact) mass is 298 g/mol. The van der Waals surface area contributed by atoms with Crippen molar-refractivity contribution in [3.8, 4) is 0 Å². The first-order chi connectivity index (χ1) is 9.39. The molecule has 0 radical (unpaired) electrons. The van der Waals surface area contributed by atoms with E-state index >= 15 is 0 Å². The highest BCUT2D eigenvalue weighted by Gasteiger charge is 2.29. The van der Waals surface area contributed by atoms with Crippen LogP contribution in [0.4, 0.5) is 4.79 Å². The van der Waals surface area contributed by atoms with Gasteiger partial charge in [-0.3, -0.25) is 0 Å². The number of nitrogens with zero attached hydrogens (tertiary/aromatic N) is 2. The Morgan fingerprint density at radius 3 is 2.95 bits per heavy atom. The summed E-state index contributed by atoms with van der Waals surface area (Å²) in [6.07, 6.45) is 1.73. The van der Waals surface area contributed by atoms with Gasteiger partial charge >= 0.3 is 6.09 Å². The van der Waals surface area contributed by atoms with Crippen LogP contribution in [0.3, 0.4) is 0 Å². The molecular weight excluding hydrogens is 276 g/mol. The lowest BCUT2D eigenvalue weighted by Crippen LogP contribution is -2.42. The Hall–Kier alpha value is -1.14. The molecule has 0 aromatic carbocycles. The number of thiazole rings is 1. The van der Waals surface area contributed by atoms with E-state index in [1.165, 1.54) is 0 Å². The Morgan fingerprint density at radius 2 is 2.35 bits per heavy atom. The molecule has 1 aromatic heterocycles. The van der Waals surface area contributed by atoms with Crippen molar-refractivity contribution < 1.29 is 14.6 Å². The molecule has 5 nitrogen and oxygen atoms in total. The summed E-state index contributed by atoms with van der Waals surface area (Å²) in [7, 11) is 0. The predicted octanol–water partition coefficient (Wildman–Crippen LogP) is 2.75. The van der Waals surface area contributed by atoms with Crippen LogP contribution in [0, 0.1) is 0 Å². The van der Waals surface area contributed by atoms with Gasteiger partial charge in [-0.15, -0.1) is 11.3 Å². The molecule has 20 heavy (non-hydrogen) atoms. The molecule has 0 spiro atoms. The van der Waals surface area contributed by atoms with Gasteiger partial charge in [0.2, 0.25) is 0 Å². The molecule has 1 aliphatic heterocycles. The highest BCUT2D eigenvalue weighted by atomic mass is 32.1. The smallest absolute Gasteiger partial charge is 0.410 e. The Bertz CT molecular complexity index is 467. The van der Waals surface area contributed by atoms with Crippen molar-refractivity contribution in [1.82, 2.24) is 9.88 Å². The molecule has 1 aliphatic rings. The highest BCUT2D eigenvalue weighted by molar-refractivity contribution is 7.09. The lowest BCUT2D eigenvalue weighted by Gasteiger charge is -2.33. The molecule has 2 heterocycles. The molecule has 1 unspecified atom stereocenters. The zero-order valence-corrected chi connectivity index (χ0v) is 13.1. The van der Waals surface area contributed by atoms with Gasteiger partial charge in [0.1, 0.15) is 5.60 Å². The Labute approximate surface area is 123 Å². The number of carbonyl (C=O) groups excluding carboxylic acids is 1. The molecule has 1 aromatic rings. The summed E-state index contributed by atoms with van der Waals surface area (Å²) in [5.41, 5.74) is 0.245. The molecule has 1 atom stereocenters. The van der Waals surface area contributed by atoms with Gasteiger partial charge < -0.3 is 14.7 Å². The molecule has 0 saturated carbocycles. The minimum atomic E-state index is -0.463. The standard InChI is InChI=1S/C14H22N2O3S/c1-14(2,3)19-13(18)16-6-4-5-10(7-16)12-15-11(8-17)9-20-12/h9-10,17H,4-8H2,1-3H3. The molecule has 0 aliphatic carbocycles. The number of hydrogen-bond acceptors (Lipinski definition) is 5. The Kier molecular flexibility index (Phi) is 4.65. The summed E-state index contributed by atoms with van der Waals surface area (Å²) >= 11 is 1.56. The SMILES string of the molecule is CC(C)(C)OC(=O)N1CCCC(c2nc(CO)cs2)C1. The van der Waals surface area contributed by atoms with Crippen LogP contribution < -0.4 is 0 Å². The third kappa shape index (κ3) is 3.93. The Balaban J connectivity index is 1.99. The van der Waals surface area contributed by atoms with Crippen LogP contribution in [0.2, 0.25) is 0 Å². The van der Waals surface area contributed by atoms with Crippen LogP contribution in [0.15, 0.2) is 5.38 Å². The molecule has 1 fully saturated rings. The van der Waals surface area contributed by atoms with E-state index < -0.39 is 5.60 Å². The average molecular weight is 298 g/mol. The van der Waals surface area contributed by atoms with Crippen LogP contribution in [0.5, 0.6) is 0 Å². The fraction of sp³-hybridized carbons (Fsp3) is 0.714. The quantitative estimate of drug-likeness (QED) is 0.912. The van der Waals surface area contributed by atoms with E-state index in [9.17, 15) is 4.79 Å². The second-order valence-corrected chi connectivity index (χ2v) is 6.99. The Morgan fingerprint density at radius 1 is 1.60 bits per heavy atom. The van der Waals surface area contributed by atoms with Crippen molar-refractivity contribution in [3.63, 3.8) is 0 Å². The molecule has 1 amide bonds. The number of ether oxygens (including phenoxy) is 1. The minimum Gasteiger partial charge on any atom is -0.444 e. The molecule has 6 heteroatoms. The number of amides is 1. The summed E-state index contributed by atoms with van der Waals surface area (Å²) in [5, 5.41) is 12.0. The van der Waals surface area contributed by atoms with E-state index in [-0.39, 0.29) is 18.6 Å². The van der Waals surface area contributed by atoms with Crippen molar-refractivity contribution in [2.24, 2.45) is 0 Å². The van der Waals surface area contributed by atoms with E-state index in [2.05, 4.69) is 4.98 Å². The van der Waals surface area contributed by atoms with Gasteiger partial charge in [0.15, 0.2) is 0 Å². The third-order valence-corrected chi connectivity index (χ3v) is 4.21. The first kappa shape index (κ1) is 15.3. The van der Waals surface area contributed by atoms with Gasteiger partial charge in [-0.2, -0.15) is 0 Å². The topological polar surface area (TPSA) is 62.7 Å². The fourth-order valence-electron chi connectivity index (χ4n) is 2.25. The number of likely N-dealkylation sites (tertiary alicyclic amines) is 1. The number of carbonyl (C=O) groups is 1. The van der Waals surface area contributed by atoms with Crippen molar-refractivity contribution in [2.45, 2.75) is 51.7 Å². The van der Waals surface area contributed by atoms with Gasteiger partial charge in [0, 0.05) is 24.4 Å². The largest absolute Gasteiger partial charge is 0.444 e. The van der Waals surface area contributed by atoms with Gasteiger partial charge in [-0.1, -0.05) is 0 Å². The maximum atomic E-state index is 12.1. The van der Waals surface area contributed by atoms with Gasteiger partial charge in [-0.25, -0.2) is 9.78 Å². The number of hydrogen-bond donors (Lipinski definition) is 1. The van der Waals surface area contributed by atoms with Crippen LogP contribution in [-0.4, -0.2) is 39.8 Å². The fourth-order valence-corrected chi connectivity index (χ4v) is 3.19. The van der Waals surface area contributed by atoms with E-state index in [1.54, 1.807) is 16.2 Å². The van der Waals surface area contributed by atoms with Gasteiger partial charge in [0.25, 0.3) is 0 Å². The minimum absolute atomic E-state index is 0.0288. The van der Waals surface area contributed by atoms with Crippen LogP contribution >= 0.6 is 11.3 Å². The summed E-state index contributed by atoms with van der Waals surface area (Å²) in [5.74, 6) is 0.251. The van der Waals surface area contributed by atoms with Gasteiger partial charge in [0.05, 0.1) is 17.3 Å². The number of aliphatic hydroxyl groups excluding tert-OH is 1. The predicted molar refractivity (Wildman–Crippen MR) is 77.8 cm³/mol. The van der Waals surface area contributed by atoms with Crippen molar-refractivity contribution in [1.29, 1.82) is 0 Å². The van der Waals surface area contributed by atoms with E-state index in [4.69, 9.17) is 9.84 Å². The number of aliphatic hydroxyl groups is 1. The van der Waals surface area contributed by atoms with Crippen molar-refractivity contribution >= 4 is 17.4 Å². The van der Waals surface area contributed by atoms with Crippen molar-refractivity contribution in [2.75, 3.05) is 13.1 Å². The average Bonchev–Trinajstić information content (AvgIpc) is 2.85. The molecule has 0 bridgehead atoms. The summed E-state index contributed by atoms with van der Waals surface area (Å²) < 4.78 is 5.42. The number of aromatic nitrogens is 1. The maximum absolute atomic E-state index is 12.1. The number of piperidine rings is 1. The lowest BCUT2D eigenvalue weighted by atomic mass is 9.99. The van der Waals surface area contributed by atoms with Crippen LogP contribution in [0.25, 0.3) is 0 Å². The first-order valence-electron chi connectivity index (χ1n) is 6.92. The summed E-state index contributed by atoms with van der Waals surface area (Å²) in [4.78, 5) is 18.3. The summed E-state index contributed by atoms with van der Waals surface area (Å²) in [6.45, 7) is 6.98. The highest BCUT2D eigenvalue weighted by Crippen LogP contribution is 2.30. The zero-order chi connectivity index (χ0) is 14.8. The third-order valence-electron chi connectivity index (χ3n) is 3.15. The maximum Gasteiger partial charge on any atom is 0.410 e. The molecule has 1 saturated heterocycles. The zero-order valence-electron chi connectivity index (χ0n) is 12.3. The molecule has 112 valence electrons.